The smallest absolute Gasteiger partial charge is 0.348 e. The van der Waals surface area contributed by atoms with Crippen molar-refractivity contribution in [3.63, 3.8) is 0 Å². The Labute approximate surface area is 145 Å². The summed E-state index contributed by atoms with van der Waals surface area (Å²) in [4.78, 5) is 35.6. The van der Waals surface area contributed by atoms with Crippen LogP contribution < -0.4 is 5.32 Å². The van der Waals surface area contributed by atoms with Gasteiger partial charge in [0.15, 0.2) is 11.9 Å². The number of aromatic nitrogens is 1. The van der Waals surface area contributed by atoms with Gasteiger partial charge in [0.1, 0.15) is 5.52 Å². The lowest BCUT2D eigenvalue weighted by atomic mass is 10.2. The Morgan fingerprint density at radius 3 is 2.46 bits per heavy atom. The maximum atomic E-state index is 11.3. The number of rotatable bonds is 6. The van der Waals surface area contributed by atoms with Gasteiger partial charge >= 0.3 is 11.4 Å². The van der Waals surface area contributed by atoms with E-state index in [1.165, 1.54) is 12.3 Å². The van der Waals surface area contributed by atoms with Gasteiger partial charge in [-0.1, -0.05) is 12.1 Å². The van der Waals surface area contributed by atoms with Crippen LogP contribution in [-0.4, -0.2) is 21.1 Å². The van der Waals surface area contributed by atoms with Crippen LogP contribution in [0.5, 0.6) is 0 Å². The van der Waals surface area contributed by atoms with Crippen LogP contribution in [0.2, 0.25) is 0 Å². The monoisotopic (exact) mass is 354 g/mol. The van der Waals surface area contributed by atoms with Gasteiger partial charge in [0, 0.05) is 24.0 Å². The standard InChI is InChI=1S/C16H10N4O6/c21-9-10(16-18-12-3-1-2-4-15(12)26-16)8-17-11-5-6-13(19(22)23)14(7-11)20(24)25/h1-9,17H. The average Bonchev–Trinajstić information content (AvgIpc) is 3.05. The first-order valence-electron chi connectivity index (χ1n) is 7.20. The maximum absolute atomic E-state index is 11.3. The van der Waals surface area contributed by atoms with E-state index < -0.39 is 21.2 Å². The molecule has 2 aromatic carbocycles. The highest BCUT2D eigenvalue weighted by atomic mass is 16.6. The maximum Gasteiger partial charge on any atom is 0.348 e. The van der Waals surface area contributed by atoms with E-state index in [0.29, 0.717) is 17.4 Å². The van der Waals surface area contributed by atoms with Gasteiger partial charge in [-0.3, -0.25) is 25.0 Å². The van der Waals surface area contributed by atoms with E-state index in [4.69, 9.17) is 4.42 Å². The molecule has 0 aliphatic carbocycles. The molecule has 0 amide bonds. The van der Waals surface area contributed by atoms with Crippen molar-refractivity contribution in [2.75, 3.05) is 5.32 Å². The highest BCUT2D eigenvalue weighted by Crippen LogP contribution is 2.30. The van der Waals surface area contributed by atoms with Crippen molar-refractivity contribution >= 4 is 40.0 Å². The molecule has 0 radical (unpaired) electrons. The van der Waals surface area contributed by atoms with Gasteiger partial charge in [-0.05, 0) is 18.2 Å². The number of nitrogens with one attached hydrogen (secondary N) is 1. The lowest BCUT2D eigenvalue weighted by Gasteiger charge is -2.02. The topological polar surface area (TPSA) is 141 Å². The summed E-state index contributed by atoms with van der Waals surface area (Å²) < 4.78 is 5.47. The molecule has 0 bridgehead atoms. The van der Waals surface area contributed by atoms with Gasteiger partial charge in [-0.25, -0.2) is 4.98 Å². The number of allylic oxidation sites excluding steroid dienone is 1. The van der Waals surface area contributed by atoms with Crippen molar-refractivity contribution < 1.29 is 19.1 Å². The summed E-state index contributed by atoms with van der Waals surface area (Å²) in [5.41, 5.74) is 0.0458. The van der Waals surface area contributed by atoms with Crippen molar-refractivity contribution in [1.82, 2.24) is 4.98 Å². The Morgan fingerprint density at radius 1 is 1.08 bits per heavy atom. The second-order valence-electron chi connectivity index (χ2n) is 5.07. The van der Waals surface area contributed by atoms with Gasteiger partial charge < -0.3 is 9.73 Å². The minimum Gasteiger partial charge on any atom is -0.436 e. The molecular formula is C16H10N4O6. The van der Waals surface area contributed by atoms with Crippen molar-refractivity contribution in [2.24, 2.45) is 0 Å². The number of aldehydes is 1. The van der Waals surface area contributed by atoms with Crippen LogP contribution >= 0.6 is 0 Å². The van der Waals surface area contributed by atoms with Crippen LogP contribution in [0.25, 0.3) is 16.7 Å². The van der Waals surface area contributed by atoms with E-state index >= 15 is 0 Å². The van der Waals surface area contributed by atoms with Gasteiger partial charge in [-0.15, -0.1) is 0 Å². The minimum absolute atomic E-state index is 0.0715. The Bertz CT molecular complexity index is 1020. The molecule has 0 aliphatic rings. The van der Waals surface area contributed by atoms with Gasteiger partial charge in [0.05, 0.1) is 15.4 Å². The fourth-order valence-corrected chi connectivity index (χ4v) is 2.22. The van der Waals surface area contributed by atoms with Crippen molar-refractivity contribution in [1.29, 1.82) is 0 Å². The summed E-state index contributed by atoms with van der Waals surface area (Å²) >= 11 is 0. The zero-order valence-corrected chi connectivity index (χ0v) is 13.0. The van der Waals surface area contributed by atoms with Crippen LogP contribution in [0.15, 0.2) is 53.1 Å². The van der Waals surface area contributed by atoms with Crippen molar-refractivity contribution in [3.05, 3.63) is 74.8 Å². The molecule has 0 aliphatic heterocycles. The summed E-state index contributed by atoms with van der Waals surface area (Å²) in [7, 11) is 0. The second-order valence-corrected chi connectivity index (χ2v) is 5.07. The third kappa shape index (κ3) is 3.24. The van der Waals surface area contributed by atoms with Gasteiger partial charge in [0.25, 0.3) is 0 Å². The quantitative estimate of drug-likeness (QED) is 0.307. The number of hydrogen-bond acceptors (Lipinski definition) is 8. The van der Waals surface area contributed by atoms with Crippen LogP contribution in [-0.2, 0) is 4.79 Å². The highest BCUT2D eigenvalue weighted by molar-refractivity contribution is 6.06. The van der Waals surface area contributed by atoms with Crippen LogP contribution in [0.3, 0.4) is 0 Å². The van der Waals surface area contributed by atoms with E-state index in [2.05, 4.69) is 10.3 Å². The number of benzene rings is 2. The molecule has 10 heteroatoms. The minimum atomic E-state index is -0.853. The van der Waals surface area contributed by atoms with Gasteiger partial charge in [-0.2, -0.15) is 0 Å². The van der Waals surface area contributed by atoms with E-state index in [0.717, 1.165) is 12.1 Å². The van der Waals surface area contributed by atoms with E-state index in [-0.39, 0.29) is 17.2 Å². The predicted molar refractivity (Wildman–Crippen MR) is 91.4 cm³/mol. The fourth-order valence-electron chi connectivity index (χ4n) is 2.22. The first-order chi connectivity index (χ1) is 12.5. The van der Waals surface area contributed by atoms with Crippen molar-refractivity contribution in [3.8, 4) is 0 Å². The molecule has 10 nitrogen and oxygen atoms in total. The molecule has 1 aromatic heterocycles. The van der Waals surface area contributed by atoms with Crippen molar-refractivity contribution in [2.45, 2.75) is 0 Å². The molecule has 0 saturated carbocycles. The number of fused-ring (bicyclic) bond motifs is 1. The molecule has 0 unspecified atom stereocenters. The second kappa shape index (κ2) is 6.81. The normalized spacial score (nSPS) is 11.3. The van der Waals surface area contributed by atoms with Crippen LogP contribution in [0, 0.1) is 20.2 Å². The van der Waals surface area contributed by atoms with E-state index in [9.17, 15) is 25.0 Å². The lowest BCUT2D eigenvalue weighted by molar-refractivity contribution is -0.422. The zero-order valence-electron chi connectivity index (χ0n) is 13.0. The number of nitro groups is 2. The number of carbonyl (C=O) groups is 1. The zero-order chi connectivity index (χ0) is 18.7. The number of carbonyl (C=O) groups excluding carboxylic acids is 1. The number of oxazole rings is 1. The van der Waals surface area contributed by atoms with Gasteiger partial charge in [0.2, 0.25) is 5.89 Å². The molecular weight excluding hydrogens is 344 g/mol. The fraction of sp³-hybridized carbons (Fsp3) is 0. The molecule has 3 aromatic rings. The molecule has 0 atom stereocenters. The third-order valence-electron chi connectivity index (χ3n) is 3.43. The number of nitro benzene ring substituents is 2. The lowest BCUT2D eigenvalue weighted by Crippen LogP contribution is -1.99. The summed E-state index contributed by atoms with van der Waals surface area (Å²) in [5, 5.41) is 24.5. The number of nitrogens with zero attached hydrogens (tertiary/aromatic N) is 3. The Balaban J connectivity index is 1.91. The molecule has 0 saturated heterocycles. The molecule has 0 spiro atoms. The molecule has 26 heavy (non-hydrogen) atoms. The largest absolute Gasteiger partial charge is 0.436 e. The Morgan fingerprint density at radius 2 is 1.81 bits per heavy atom. The van der Waals surface area contributed by atoms with Crippen LogP contribution in [0.4, 0.5) is 17.1 Å². The summed E-state index contributed by atoms with van der Waals surface area (Å²) in [6.07, 6.45) is 1.76. The van der Waals surface area contributed by atoms with E-state index in [1.807, 2.05) is 0 Å². The number of anilines is 1. The molecule has 1 N–H and O–H groups in total. The first kappa shape index (κ1) is 16.8. The summed E-state index contributed by atoms with van der Waals surface area (Å²) in [6, 6.07) is 10.2. The average molecular weight is 354 g/mol. The number of hydrogen-bond donors (Lipinski definition) is 1. The number of para-hydroxylation sites is 2. The Hall–Kier alpha value is -4.08. The molecule has 0 fully saturated rings. The van der Waals surface area contributed by atoms with Crippen LogP contribution in [0.1, 0.15) is 5.89 Å². The Kier molecular flexibility index (Phi) is 4.39. The molecule has 3 rings (SSSR count). The third-order valence-corrected chi connectivity index (χ3v) is 3.43. The van der Waals surface area contributed by atoms with E-state index in [1.54, 1.807) is 24.3 Å². The summed E-state index contributed by atoms with van der Waals surface area (Å²) in [5.74, 6) is 0.0742. The summed E-state index contributed by atoms with van der Waals surface area (Å²) in [6.45, 7) is 0. The predicted octanol–water partition coefficient (Wildman–Crippen LogP) is 3.30. The highest BCUT2D eigenvalue weighted by Gasteiger charge is 2.24. The molecule has 130 valence electrons. The molecule has 1 heterocycles. The SMILES string of the molecule is O=CC(=CNc1ccc([N+](=O)[O-])c([N+](=O)[O-])c1)c1nc2ccccc2o1. The first-order valence-corrected chi connectivity index (χ1v) is 7.20.